The molecule has 0 aliphatic heterocycles. The summed E-state index contributed by atoms with van der Waals surface area (Å²) < 4.78 is 4.93. The zero-order chi connectivity index (χ0) is 17.8. The van der Waals surface area contributed by atoms with E-state index < -0.39 is 23.2 Å². The Labute approximate surface area is 136 Å². The number of carbonyl (C=O) groups excluding carboxylic acids is 3. The summed E-state index contributed by atoms with van der Waals surface area (Å²) in [7, 11) is 0. The molecule has 1 rings (SSSR count). The number of carbonyl (C=O) groups is 3. The van der Waals surface area contributed by atoms with Crippen LogP contribution >= 0.6 is 0 Å². The number of esters is 1. The minimum absolute atomic E-state index is 0.190. The molecule has 6 nitrogen and oxygen atoms in total. The Hall–Kier alpha value is -2.21. The molecule has 0 fully saturated rings. The molecule has 1 aromatic rings. The average molecular weight is 320 g/mol. The van der Waals surface area contributed by atoms with E-state index in [9.17, 15) is 14.4 Å². The highest BCUT2D eigenvalue weighted by Crippen LogP contribution is 2.25. The smallest absolute Gasteiger partial charge is 0.376 e. The van der Waals surface area contributed by atoms with Gasteiger partial charge in [-0.1, -0.05) is 25.5 Å². The Morgan fingerprint density at radius 2 is 1.70 bits per heavy atom. The van der Waals surface area contributed by atoms with Crippen LogP contribution in [0.4, 0.5) is 0 Å². The van der Waals surface area contributed by atoms with Crippen LogP contribution in [-0.4, -0.2) is 24.3 Å². The van der Waals surface area contributed by atoms with Gasteiger partial charge in [0, 0.05) is 5.56 Å². The monoisotopic (exact) mass is 320 g/mol. The SMILES string of the molecule is CCCCOC(=O)C(=O)C(C)(N)c1cc(C)c(C(N)=O)c(C)c1. The molecule has 0 bridgehead atoms. The standard InChI is InChI=1S/C17H24N2O4/c1-5-6-7-23-16(22)14(20)17(4,19)12-8-10(2)13(15(18)21)11(3)9-12/h8-9H,5-7,19H2,1-4H3,(H2,18,21). The predicted octanol–water partition coefficient (Wildman–Crippen LogP) is 1.49. The minimum Gasteiger partial charge on any atom is -0.460 e. The van der Waals surface area contributed by atoms with E-state index in [4.69, 9.17) is 16.2 Å². The number of hydrogen-bond donors (Lipinski definition) is 2. The lowest BCUT2D eigenvalue weighted by molar-refractivity contribution is -0.156. The number of hydrogen-bond acceptors (Lipinski definition) is 5. The maximum atomic E-state index is 12.3. The molecule has 0 spiro atoms. The van der Waals surface area contributed by atoms with Gasteiger partial charge in [-0.05, 0) is 43.9 Å². The lowest BCUT2D eigenvalue weighted by Crippen LogP contribution is -2.46. The summed E-state index contributed by atoms with van der Waals surface area (Å²) in [6.07, 6.45) is 1.54. The normalized spacial score (nSPS) is 13.3. The van der Waals surface area contributed by atoms with Crippen molar-refractivity contribution in [2.45, 2.75) is 46.1 Å². The van der Waals surface area contributed by atoms with Crippen LogP contribution in [0, 0.1) is 13.8 Å². The van der Waals surface area contributed by atoms with Gasteiger partial charge >= 0.3 is 5.97 Å². The van der Waals surface area contributed by atoms with E-state index in [0.29, 0.717) is 28.7 Å². The van der Waals surface area contributed by atoms with Crippen molar-refractivity contribution in [2.75, 3.05) is 6.61 Å². The molecule has 126 valence electrons. The van der Waals surface area contributed by atoms with Crippen LogP contribution in [0.1, 0.15) is 53.7 Å². The van der Waals surface area contributed by atoms with E-state index in [1.807, 2.05) is 6.92 Å². The maximum Gasteiger partial charge on any atom is 0.376 e. The Kier molecular flexibility index (Phi) is 6.04. The highest BCUT2D eigenvalue weighted by atomic mass is 16.5. The van der Waals surface area contributed by atoms with Gasteiger partial charge in [-0.2, -0.15) is 0 Å². The minimum atomic E-state index is -1.53. The third kappa shape index (κ3) is 4.16. The van der Waals surface area contributed by atoms with Gasteiger partial charge < -0.3 is 16.2 Å². The van der Waals surface area contributed by atoms with E-state index in [0.717, 1.165) is 6.42 Å². The van der Waals surface area contributed by atoms with Crippen LogP contribution in [0.15, 0.2) is 12.1 Å². The number of nitrogens with two attached hydrogens (primary N) is 2. The molecule has 1 aromatic carbocycles. The molecule has 1 amide bonds. The zero-order valence-electron chi connectivity index (χ0n) is 14.1. The van der Waals surface area contributed by atoms with Gasteiger partial charge in [0.2, 0.25) is 5.91 Å². The van der Waals surface area contributed by atoms with E-state index in [1.54, 1.807) is 26.0 Å². The highest BCUT2D eigenvalue weighted by molar-refractivity contribution is 6.37. The number of benzene rings is 1. The molecule has 0 aromatic heterocycles. The summed E-state index contributed by atoms with van der Waals surface area (Å²) >= 11 is 0. The van der Waals surface area contributed by atoms with E-state index in [1.165, 1.54) is 6.92 Å². The quantitative estimate of drug-likeness (QED) is 0.449. The van der Waals surface area contributed by atoms with Gasteiger partial charge in [-0.15, -0.1) is 0 Å². The van der Waals surface area contributed by atoms with Crippen molar-refractivity contribution < 1.29 is 19.1 Å². The molecule has 0 saturated heterocycles. The van der Waals surface area contributed by atoms with Crippen LogP contribution in [0.5, 0.6) is 0 Å². The van der Waals surface area contributed by atoms with Crippen LogP contribution in [0.25, 0.3) is 0 Å². The first-order valence-corrected chi connectivity index (χ1v) is 7.54. The Balaban J connectivity index is 3.10. The Morgan fingerprint density at radius 1 is 1.17 bits per heavy atom. The second-order valence-corrected chi connectivity index (χ2v) is 5.87. The van der Waals surface area contributed by atoms with Crippen molar-refractivity contribution in [1.82, 2.24) is 0 Å². The van der Waals surface area contributed by atoms with Gasteiger partial charge in [-0.25, -0.2) is 4.79 Å². The van der Waals surface area contributed by atoms with Gasteiger partial charge in [0.05, 0.1) is 6.61 Å². The fourth-order valence-electron chi connectivity index (χ4n) is 2.37. The second-order valence-electron chi connectivity index (χ2n) is 5.87. The molecule has 23 heavy (non-hydrogen) atoms. The fraction of sp³-hybridized carbons (Fsp3) is 0.471. The number of amides is 1. The van der Waals surface area contributed by atoms with Crippen LogP contribution in [0.2, 0.25) is 0 Å². The van der Waals surface area contributed by atoms with Crippen LogP contribution in [0.3, 0.4) is 0 Å². The molecule has 1 unspecified atom stereocenters. The molecule has 1 atom stereocenters. The van der Waals surface area contributed by atoms with Crippen molar-refractivity contribution in [2.24, 2.45) is 11.5 Å². The largest absolute Gasteiger partial charge is 0.460 e. The van der Waals surface area contributed by atoms with Gasteiger partial charge in [0.25, 0.3) is 5.78 Å². The molecule has 6 heteroatoms. The molecule has 0 saturated carbocycles. The van der Waals surface area contributed by atoms with E-state index in [-0.39, 0.29) is 6.61 Å². The maximum absolute atomic E-state index is 12.3. The molecule has 0 aliphatic rings. The van der Waals surface area contributed by atoms with Gasteiger partial charge in [0.1, 0.15) is 5.54 Å². The summed E-state index contributed by atoms with van der Waals surface area (Å²) in [5.74, 6) is -2.31. The first kappa shape index (κ1) is 18.8. The zero-order valence-corrected chi connectivity index (χ0v) is 14.1. The number of ether oxygens (including phenoxy) is 1. The van der Waals surface area contributed by atoms with Crippen molar-refractivity contribution >= 4 is 17.7 Å². The molecular weight excluding hydrogens is 296 g/mol. The lowest BCUT2D eigenvalue weighted by atomic mass is 9.85. The van der Waals surface area contributed by atoms with Crippen molar-refractivity contribution in [3.63, 3.8) is 0 Å². The van der Waals surface area contributed by atoms with Crippen molar-refractivity contribution in [1.29, 1.82) is 0 Å². The van der Waals surface area contributed by atoms with Crippen LogP contribution in [-0.2, 0) is 19.9 Å². The average Bonchev–Trinajstić information content (AvgIpc) is 2.45. The molecule has 0 aliphatic carbocycles. The lowest BCUT2D eigenvalue weighted by Gasteiger charge is -2.24. The van der Waals surface area contributed by atoms with E-state index >= 15 is 0 Å². The summed E-state index contributed by atoms with van der Waals surface area (Å²) in [5, 5.41) is 0. The summed E-state index contributed by atoms with van der Waals surface area (Å²) in [4.78, 5) is 35.6. The second kappa shape index (κ2) is 7.37. The fourth-order valence-corrected chi connectivity index (χ4v) is 2.37. The first-order chi connectivity index (χ1) is 10.6. The number of primary amides is 1. The van der Waals surface area contributed by atoms with Gasteiger partial charge in [0.15, 0.2) is 0 Å². The number of rotatable bonds is 7. The molecule has 0 heterocycles. The third-order valence-corrected chi connectivity index (χ3v) is 3.77. The Morgan fingerprint density at radius 3 is 2.13 bits per heavy atom. The summed E-state index contributed by atoms with van der Waals surface area (Å²) in [6.45, 7) is 7.01. The molecular formula is C17H24N2O4. The topological polar surface area (TPSA) is 112 Å². The van der Waals surface area contributed by atoms with Crippen molar-refractivity contribution in [3.05, 3.63) is 34.4 Å². The van der Waals surface area contributed by atoms with Crippen molar-refractivity contribution in [3.8, 4) is 0 Å². The number of Topliss-reactive ketones (excluding diaryl/α,β-unsaturated/α-hetero) is 1. The highest BCUT2D eigenvalue weighted by Gasteiger charge is 2.37. The first-order valence-electron chi connectivity index (χ1n) is 7.54. The van der Waals surface area contributed by atoms with E-state index in [2.05, 4.69) is 0 Å². The Bertz CT molecular complexity index is 612. The third-order valence-electron chi connectivity index (χ3n) is 3.77. The molecule has 0 radical (unpaired) electrons. The van der Waals surface area contributed by atoms with Gasteiger partial charge in [-0.3, -0.25) is 9.59 Å². The number of aryl methyl sites for hydroxylation is 2. The number of ketones is 1. The summed E-state index contributed by atoms with van der Waals surface area (Å²) in [6, 6.07) is 3.20. The predicted molar refractivity (Wildman–Crippen MR) is 86.8 cm³/mol. The molecule has 4 N–H and O–H groups in total. The summed E-state index contributed by atoms with van der Waals surface area (Å²) in [5.41, 5.74) is 11.9. The van der Waals surface area contributed by atoms with Crippen LogP contribution < -0.4 is 11.5 Å². The number of unbranched alkanes of at least 4 members (excludes halogenated alkanes) is 1.